The van der Waals surface area contributed by atoms with Gasteiger partial charge in [-0.05, 0) is 47.7 Å². The van der Waals surface area contributed by atoms with Crippen LogP contribution in [-0.4, -0.2) is 11.5 Å². The van der Waals surface area contributed by atoms with Crippen LogP contribution >= 0.6 is 33.9 Å². The van der Waals surface area contributed by atoms with Gasteiger partial charge in [-0.2, -0.15) is 0 Å². The van der Waals surface area contributed by atoms with Gasteiger partial charge >= 0.3 is 0 Å². The Morgan fingerprint density at radius 3 is 2.76 bits per heavy atom. The highest BCUT2D eigenvalue weighted by Gasteiger charge is 2.03. The molecule has 0 spiro atoms. The third kappa shape index (κ3) is 3.76. The van der Waals surface area contributed by atoms with Gasteiger partial charge in [-0.3, -0.25) is 0 Å². The molecule has 2 rings (SSSR count). The van der Waals surface area contributed by atoms with E-state index in [9.17, 15) is 0 Å². The van der Waals surface area contributed by atoms with Gasteiger partial charge in [0.05, 0.1) is 5.69 Å². The van der Waals surface area contributed by atoms with Gasteiger partial charge in [-0.15, -0.1) is 11.3 Å². The number of nitrogens with zero attached hydrogens (tertiary/aromatic N) is 1. The second-order valence-corrected chi connectivity index (χ2v) is 6.00. The smallest absolute Gasteiger partial charge is 0.107 e. The molecule has 1 heterocycles. The molecule has 1 aromatic carbocycles. The summed E-state index contributed by atoms with van der Waals surface area (Å²) in [5.41, 5.74) is 2.28. The summed E-state index contributed by atoms with van der Waals surface area (Å²) in [5.74, 6) is 0. The number of rotatable bonds is 5. The van der Waals surface area contributed by atoms with E-state index in [2.05, 4.69) is 69.5 Å². The molecule has 4 heteroatoms. The van der Waals surface area contributed by atoms with Gasteiger partial charge in [-0.25, -0.2) is 4.98 Å². The van der Waals surface area contributed by atoms with Gasteiger partial charge in [0.1, 0.15) is 5.01 Å². The summed E-state index contributed by atoms with van der Waals surface area (Å²) in [6.45, 7) is 4.10. The Morgan fingerprint density at radius 2 is 2.06 bits per heavy atom. The molecule has 1 aromatic heterocycles. The van der Waals surface area contributed by atoms with Crippen LogP contribution in [0.1, 0.15) is 18.4 Å². The summed E-state index contributed by atoms with van der Waals surface area (Å²) in [6, 6.07) is 8.48. The Morgan fingerprint density at radius 1 is 1.29 bits per heavy atom. The van der Waals surface area contributed by atoms with Crippen molar-refractivity contribution < 1.29 is 0 Å². The minimum atomic E-state index is 0.878. The van der Waals surface area contributed by atoms with Gasteiger partial charge in [0.25, 0.3) is 0 Å². The Balaban J connectivity index is 2.04. The first-order valence-electron chi connectivity index (χ1n) is 5.70. The van der Waals surface area contributed by atoms with Crippen LogP contribution in [0.3, 0.4) is 0 Å². The van der Waals surface area contributed by atoms with Crippen molar-refractivity contribution in [3.63, 3.8) is 0 Å². The van der Waals surface area contributed by atoms with E-state index in [1.165, 1.54) is 9.13 Å². The summed E-state index contributed by atoms with van der Waals surface area (Å²) in [7, 11) is 0. The molecule has 0 aliphatic heterocycles. The van der Waals surface area contributed by atoms with E-state index in [0.717, 1.165) is 30.2 Å². The summed E-state index contributed by atoms with van der Waals surface area (Å²) in [6.07, 6.45) is 1.16. The van der Waals surface area contributed by atoms with Crippen LogP contribution in [0.5, 0.6) is 0 Å². The molecular weight excluding hydrogens is 343 g/mol. The maximum absolute atomic E-state index is 4.64. The molecule has 2 nitrogen and oxygen atoms in total. The number of hydrogen-bond acceptors (Lipinski definition) is 3. The first-order valence-corrected chi connectivity index (χ1v) is 7.66. The Bertz CT molecular complexity index is 465. The topological polar surface area (TPSA) is 24.9 Å². The molecule has 0 radical (unpaired) electrons. The van der Waals surface area contributed by atoms with Crippen LogP contribution in [0.25, 0.3) is 11.3 Å². The fraction of sp³-hybridized carbons (Fsp3) is 0.308. The lowest BCUT2D eigenvalue weighted by molar-refractivity contribution is 0.673. The van der Waals surface area contributed by atoms with Crippen molar-refractivity contribution >= 4 is 33.9 Å². The van der Waals surface area contributed by atoms with Crippen molar-refractivity contribution in [2.45, 2.75) is 19.9 Å². The zero-order chi connectivity index (χ0) is 12.1. The summed E-state index contributed by atoms with van der Waals surface area (Å²) >= 11 is 4.04. The van der Waals surface area contributed by atoms with E-state index >= 15 is 0 Å². The van der Waals surface area contributed by atoms with Gasteiger partial charge < -0.3 is 5.32 Å². The number of aromatic nitrogens is 1. The molecule has 0 saturated heterocycles. The SMILES string of the molecule is CCCNCc1nc(-c2ccc(I)cc2)cs1. The highest BCUT2D eigenvalue weighted by atomic mass is 127. The Kier molecular flexibility index (Phi) is 4.94. The molecule has 2 aromatic rings. The van der Waals surface area contributed by atoms with Gasteiger partial charge in [0.15, 0.2) is 0 Å². The van der Waals surface area contributed by atoms with E-state index in [0.29, 0.717) is 0 Å². The predicted octanol–water partition coefficient (Wildman–Crippen LogP) is 3.91. The monoisotopic (exact) mass is 358 g/mol. The molecule has 0 aliphatic rings. The summed E-state index contributed by atoms with van der Waals surface area (Å²) < 4.78 is 1.26. The third-order valence-corrected chi connectivity index (χ3v) is 3.96. The van der Waals surface area contributed by atoms with E-state index in [4.69, 9.17) is 0 Å². The first kappa shape index (κ1) is 13.0. The molecule has 0 aliphatic carbocycles. The fourth-order valence-electron chi connectivity index (χ4n) is 1.52. The zero-order valence-corrected chi connectivity index (χ0v) is 12.7. The highest BCUT2D eigenvalue weighted by Crippen LogP contribution is 2.22. The number of thiazole rings is 1. The Hall–Kier alpha value is -0.460. The lowest BCUT2D eigenvalue weighted by atomic mass is 10.2. The fourth-order valence-corrected chi connectivity index (χ4v) is 2.65. The number of benzene rings is 1. The molecule has 17 heavy (non-hydrogen) atoms. The van der Waals surface area contributed by atoms with Crippen molar-refractivity contribution in [3.05, 3.63) is 38.2 Å². The molecule has 0 fully saturated rings. The third-order valence-electron chi connectivity index (χ3n) is 2.39. The lowest BCUT2D eigenvalue weighted by Gasteiger charge is -1.98. The van der Waals surface area contributed by atoms with Crippen LogP contribution in [0.15, 0.2) is 29.6 Å². The Labute approximate surface area is 120 Å². The summed E-state index contributed by atoms with van der Waals surface area (Å²) in [5, 5.41) is 6.66. The molecule has 90 valence electrons. The standard InChI is InChI=1S/C13H15IN2S/c1-2-7-15-8-13-16-12(9-17-13)10-3-5-11(14)6-4-10/h3-6,9,15H,2,7-8H2,1H3. The highest BCUT2D eigenvalue weighted by molar-refractivity contribution is 14.1. The largest absolute Gasteiger partial charge is 0.310 e. The van der Waals surface area contributed by atoms with Crippen molar-refractivity contribution in [1.29, 1.82) is 0 Å². The average Bonchev–Trinajstić information content (AvgIpc) is 2.79. The normalized spacial score (nSPS) is 10.7. The zero-order valence-electron chi connectivity index (χ0n) is 9.74. The number of halogens is 1. The van der Waals surface area contributed by atoms with Crippen LogP contribution in [0.2, 0.25) is 0 Å². The van der Waals surface area contributed by atoms with Crippen molar-refractivity contribution in [2.24, 2.45) is 0 Å². The van der Waals surface area contributed by atoms with E-state index < -0.39 is 0 Å². The first-order chi connectivity index (χ1) is 8.29. The van der Waals surface area contributed by atoms with Crippen molar-refractivity contribution in [3.8, 4) is 11.3 Å². The van der Waals surface area contributed by atoms with Crippen molar-refractivity contribution in [2.75, 3.05) is 6.54 Å². The van der Waals surface area contributed by atoms with Gasteiger partial charge in [-0.1, -0.05) is 19.1 Å². The minimum absolute atomic E-state index is 0.878. The molecule has 1 N–H and O–H groups in total. The average molecular weight is 358 g/mol. The van der Waals surface area contributed by atoms with Gasteiger partial charge in [0.2, 0.25) is 0 Å². The summed E-state index contributed by atoms with van der Waals surface area (Å²) in [4.78, 5) is 4.64. The maximum atomic E-state index is 4.64. The van der Waals surface area contributed by atoms with E-state index in [1.54, 1.807) is 11.3 Å². The predicted molar refractivity (Wildman–Crippen MR) is 82.3 cm³/mol. The van der Waals surface area contributed by atoms with E-state index in [-0.39, 0.29) is 0 Å². The van der Waals surface area contributed by atoms with Gasteiger partial charge in [0, 0.05) is 21.1 Å². The van der Waals surface area contributed by atoms with E-state index in [1.807, 2.05) is 0 Å². The second kappa shape index (κ2) is 6.47. The molecule has 0 saturated carbocycles. The molecule has 0 amide bonds. The van der Waals surface area contributed by atoms with Crippen LogP contribution in [0, 0.1) is 3.57 Å². The quantitative estimate of drug-likeness (QED) is 0.648. The number of hydrogen-bond donors (Lipinski definition) is 1. The van der Waals surface area contributed by atoms with Crippen LogP contribution in [0.4, 0.5) is 0 Å². The lowest BCUT2D eigenvalue weighted by Crippen LogP contribution is -2.13. The minimum Gasteiger partial charge on any atom is -0.310 e. The second-order valence-electron chi connectivity index (χ2n) is 3.81. The number of nitrogens with one attached hydrogen (secondary N) is 1. The molecule has 0 atom stereocenters. The van der Waals surface area contributed by atoms with Crippen molar-refractivity contribution in [1.82, 2.24) is 10.3 Å². The van der Waals surface area contributed by atoms with Crippen LogP contribution < -0.4 is 5.32 Å². The molecule has 0 unspecified atom stereocenters. The molecule has 0 bridgehead atoms. The molecular formula is C13H15IN2S. The van der Waals surface area contributed by atoms with Crippen LogP contribution in [-0.2, 0) is 6.54 Å². The maximum Gasteiger partial charge on any atom is 0.107 e.